The monoisotopic (exact) mass is 404 g/mol. The van der Waals surface area contributed by atoms with Crippen molar-refractivity contribution in [3.05, 3.63) is 37.5 Å². The van der Waals surface area contributed by atoms with Gasteiger partial charge in [0, 0.05) is 4.88 Å². The topological polar surface area (TPSA) is 106 Å². The third-order valence-electron chi connectivity index (χ3n) is 5.22. The van der Waals surface area contributed by atoms with Crippen LogP contribution in [0.1, 0.15) is 65.0 Å². The van der Waals surface area contributed by atoms with Crippen LogP contribution in [-0.2, 0) is 36.3 Å². The summed E-state index contributed by atoms with van der Waals surface area (Å²) >= 11 is 1.62. The molecule has 0 unspecified atom stereocenters. The van der Waals surface area contributed by atoms with Crippen LogP contribution < -0.4 is 10.9 Å². The SMILES string of the molecule is CC1(C)OCCn2c1nc(C(=O)NCc1nc3c(s1)CCCCC3)c(O)c2=O. The minimum absolute atomic E-state index is 0.246. The number of carbonyl (C=O) groups excluding carboxylic acids is 1. The Morgan fingerprint density at radius 1 is 1.29 bits per heavy atom. The first-order valence-corrected chi connectivity index (χ1v) is 10.4. The van der Waals surface area contributed by atoms with E-state index in [-0.39, 0.29) is 12.2 Å². The number of hydrogen-bond donors (Lipinski definition) is 2. The number of fused-ring (bicyclic) bond motifs is 2. The largest absolute Gasteiger partial charge is 0.501 e. The van der Waals surface area contributed by atoms with E-state index in [1.54, 1.807) is 25.2 Å². The molecule has 0 aromatic carbocycles. The molecule has 2 aromatic rings. The average molecular weight is 404 g/mol. The maximum absolute atomic E-state index is 12.6. The van der Waals surface area contributed by atoms with Gasteiger partial charge in [0.1, 0.15) is 16.4 Å². The fourth-order valence-electron chi connectivity index (χ4n) is 3.72. The minimum atomic E-state index is -0.812. The van der Waals surface area contributed by atoms with Crippen LogP contribution in [0, 0.1) is 0 Å². The molecule has 1 aliphatic heterocycles. The van der Waals surface area contributed by atoms with Crippen LogP contribution in [0.4, 0.5) is 0 Å². The molecule has 0 spiro atoms. The fraction of sp³-hybridized carbons (Fsp3) is 0.579. The van der Waals surface area contributed by atoms with Crippen molar-refractivity contribution in [1.82, 2.24) is 19.9 Å². The zero-order valence-corrected chi connectivity index (χ0v) is 16.9. The van der Waals surface area contributed by atoms with E-state index in [9.17, 15) is 14.7 Å². The van der Waals surface area contributed by atoms with Gasteiger partial charge in [0.2, 0.25) is 5.75 Å². The predicted molar refractivity (Wildman–Crippen MR) is 104 cm³/mol. The van der Waals surface area contributed by atoms with Crippen molar-refractivity contribution in [2.75, 3.05) is 6.61 Å². The van der Waals surface area contributed by atoms with Crippen molar-refractivity contribution in [2.24, 2.45) is 0 Å². The molecule has 0 fully saturated rings. The standard InChI is InChI=1S/C19H24N4O4S/c1-19(2)18-22-14(15(24)17(26)23(18)8-9-27-19)16(25)20-10-13-21-11-6-4-3-5-7-12(11)28-13/h24H,3-10H2,1-2H3,(H,20,25). The Morgan fingerprint density at radius 3 is 2.89 bits per heavy atom. The van der Waals surface area contributed by atoms with Gasteiger partial charge in [-0.3, -0.25) is 14.2 Å². The summed E-state index contributed by atoms with van der Waals surface area (Å²) in [5.41, 5.74) is -0.563. The second-order valence-corrected chi connectivity index (χ2v) is 8.84. The first kappa shape index (κ1) is 19.1. The molecule has 0 atom stereocenters. The van der Waals surface area contributed by atoms with E-state index < -0.39 is 22.8 Å². The smallest absolute Gasteiger partial charge is 0.296 e. The number of carbonyl (C=O) groups is 1. The van der Waals surface area contributed by atoms with Crippen LogP contribution in [0.25, 0.3) is 0 Å². The normalized spacial score (nSPS) is 18.1. The van der Waals surface area contributed by atoms with Gasteiger partial charge in [-0.05, 0) is 39.5 Å². The maximum Gasteiger partial charge on any atom is 0.296 e. The second kappa shape index (κ2) is 7.29. The Bertz CT molecular complexity index is 956. The van der Waals surface area contributed by atoms with Crippen molar-refractivity contribution in [1.29, 1.82) is 0 Å². The summed E-state index contributed by atoms with van der Waals surface area (Å²) in [7, 11) is 0. The van der Waals surface area contributed by atoms with E-state index in [1.165, 1.54) is 22.3 Å². The average Bonchev–Trinajstić information content (AvgIpc) is 2.91. The summed E-state index contributed by atoms with van der Waals surface area (Å²) in [6.45, 7) is 4.46. The molecular formula is C19H24N4O4S. The van der Waals surface area contributed by atoms with E-state index in [2.05, 4.69) is 15.3 Å². The van der Waals surface area contributed by atoms with Crippen molar-refractivity contribution in [3.63, 3.8) is 0 Å². The molecule has 3 heterocycles. The van der Waals surface area contributed by atoms with Gasteiger partial charge < -0.3 is 15.2 Å². The number of aromatic hydroxyl groups is 1. The number of amides is 1. The lowest BCUT2D eigenvalue weighted by Gasteiger charge is -2.32. The summed E-state index contributed by atoms with van der Waals surface area (Å²) in [6, 6.07) is 0. The van der Waals surface area contributed by atoms with Crippen molar-refractivity contribution >= 4 is 17.2 Å². The number of thiazole rings is 1. The molecule has 2 N–H and O–H groups in total. The summed E-state index contributed by atoms with van der Waals surface area (Å²) < 4.78 is 7.03. The summed E-state index contributed by atoms with van der Waals surface area (Å²) in [4.78, 5) is 35.4. The molecule has 1 aliphatic carbocycles. The molecule has 0 saturated heterocycles. The molecule has 2 aliphatic rings. The molecule has 8 nitrogen and oxygen atoms in total. The quantitative estimate of drug-likeness (QED) is 0.757. The highest BCUT2D eigenvalue weighted by molar-refractivity contribution is 7.11. The van der Waals surface area contributed by atoms with E-state index in [1.807, 2.05) is 0 Å². The maximum atomic E-state index is 12.6. The minimum Gasteiger partial charge on any atom is -0.501 e. The van der Waals surface area contributed by atoms with Gasteiger partial charge >= 0.3 is 0 Å². The van der Waals surface area contributed by atoms with E-state index in [0.29, 0.717) is 19.0 Å². The van der Waals surface area contributed by atoms with Crippen LogP contribution in [0.5, 0.6) is 5.75 Å². The molecule has 9 heteroatoms. The van der Waals surface area contributed by atoms with Gasteiger partial charge in [-0.1, -0.05) is 6.42 Å². The summed E-state index contributed by atoms with van der Waals surface area (Å²) in [6.07, 6.45) is 5.58. The van der Waals surface area contributed by atoms with Crippen LogP contribution in [0.3, 0.4) is 0 Å². The summed E-state index contributed by atoms with van der Waals surface area (Å²) in [5.74, 6) is -0.883. The number of hydrogen-bond acceptors (Lipinski definition) is 7. The van der Waals surface area contributed by atoms with Crippen LogP contribution in [0.15, 0.2) is 4.79 Å². The third kappa shape index (κ3) is 3.44. The third-order valence-corrected chi connectivity index (χ3v) is 6.37. The van der Waals surface area contributed by atoms with Crippen molar-refractivity contribution in [2.45, 2.75) is 64.6 Å². The molecule has 0 saturated carbocycles. The summed E-state index contributed by atoms with van der Waals surface area (Å²) in [5, 5.41) is 13.8. The van der Waals surface area contributed by atoms with Gasteiger partial charge in [0.15, 0.2) is 5.69 Å². The highest BCUT2D eigenvalue weighted by Crippen LogP contribution is 2.28. The predicted octanol–water partition coefficient (Wildman–Crippen LogP) is 1.87. The van der Waals surface area contributed by atoms with Crippen molar-refractivity contribution < 1.29 is 14.6 Å². The van der Waals surface area contributed by atoms with Crippen LogP contribution in [-0.4, -0.2) is 32.2 Å². The van der Waals surface area contributed by atoms with Crippen LogP contribution in [0.2, 0.25) is 0 Å². The number of rotatable bonds is 3. The number of aromatic nitrogens is 3. The van der Waals surface area contributed by atoms with E-state index in [0.717, 1.165) is 30.0 Å². The van der Waals surface area contributed by atoms with Gasteiger partial charge in [0.25, 0.3) is 11.5 Å². The number of nitrogens with zero attached hydrogens (tertiary/aromatic N) is 3. The number of aryl methyl sites for hydroxylation is 2. The Labute approximate surface area is 166 Å². The molecular weight excluding hydrogens is 380 g/mol. The lowest BCUT2D eigenvalue weighted by atomic mass is 10.1. The molecule has 0 radical (unpaired) electrons. The zero-order valence-electron chi connectivity index (χ0n) is 16.1. The number of ether oxygens (including phenoxy) is 1. The fourth-order valence-corrected chi connectivity index (χ4v) is 4.82. The Hall–Kier alpha value is -2.26. The van der Waals surface area contributed by atoms with Crippen LogP contribution >= 0.6 is 11.3 Å². The second-order valence-electron chi connectivity index (χ2n) is 7.67. The molecule has 28 heavy (non-hydrogen) atoms. The Balaban J connectivity index is 1.56. The van der Waals surface area contributed by atoms with Gasteiger partial charge in [0.05, 0.1) is 25.4 Å². The molecule has 4 rings (SSSR count). The first-order chi connectivity index (χ1) is 13.4. The Morgan fingerprint density at radius 2 is 2.07 bits per heavy atom. The molecule has 2 aromatic heterocycles. The highest BCUT2D eigenvalue weighted by Gasteiger charge is 2.34. The van der Waals surface area contributed by atoms with E-state index >= 15 is 0 Å². The molecule has 150 valence electrons. The number of nitrogens with one attached hydrogen (secondary N) is 1. The van der Waals surface area contributed by atoms with E-state index in [4.69, 9.17) is 4.74 Å². The first-order valence-electron chi connectivity index (χ1n) is 9.60. The van der Waals surface area contributed by atoms with Crippen molar-refractivity contribution in [3.8, 4) is 5.75 Å². The van der Waals surface area contributed by atoms with Gasteiger partial charge in [-0.25, -0.2) is 9.97 Å². The van der Waals surface area contributed by atoms with Gasteiger partial charge in [-0.2, -0.15) is 0 Å². The lowest BCUT2D eigenvalue weighted by Crippen LogP contribution is -2.42. The zero-order chi connectivity index (χ0) is 19.9. The Kier molecular flexibility index (Phi) is 4.96. The molecule has 0 bridgehead atoms. The highest BCUT2D eigenvalue weighted by atomic mass is 32.1. The molecule has 1 amide bonds. The lowest BCUT2D eigenvalue weighted by molar-refractivity contribution is -0.0566. The van der Waals surface area contributed by atoms with Gasteiger partial charge in [-0.15, -0.1) is 11.3 Å².